The summed E-state index contributed by atoms with van der Waals surface area (Å²) in [7, 11) is 0. The second-order valence-electron chi connectivity index (χ2n) is 5.58. The molecule has 1 saturated carbocycles. The van der Waals surface area contributed by atoms with Crippen LogP contribution in [0.5, 0.6) is 5.75 Å². The second kappa shape index (κ2) is 7.41. The average Bonchev–Trinajstić information content (AvgIpc) is 2.91. The first kappa shape index (κ1) is 15.8. The third kappa shape index (κ3) is 4.70. The van der Waals surface area contributed by atoms with Gasteiger partial charge in [-0.15, -0.1) is 0 Å². The number of carbonyl (C=O) groups is 1. The molecule has 1 atom stereocenters. The Hall–Kier alpha value is -1.62. The van der Waals surface area contributed by atoms with Crippen LogP contribution >= 0.6 is 0 Å². The standard InChI is InChI=1S/C16H23FN2O2/c1-11(16(20)19-14-4-2-3-5-14)21-15-9-12(6-7-18)8-13(17)10-15/h8-11,14H,2-7,18H2,1H3,(H,19,20). The molecule has 1 fully saturated rings. The molecule has 0 saturated heterocycles. The van der Waals surface area contributed by atoms with Crippen LogP contribution in [0, 0.1) is 5.82 Å². The Morgan fingerprint density at radius 1 is 1.43 bits per heavy atom. The minimum Gasteiger partial charge on any atom is -0.481 e. The van der Waals surface area contributed by atoms with E-state index in [-0.39, 0.29) is 17.8 Å². The molecule has 116 valence electrons. The molecule has 2 rings (SSSR count). The van der Waals surface area contributed by atoms with Gasteiger partial charge in [0.1, 0.15) is 11.6 Å². The zero-order valence-corrected chi connectivity index (χ0v) is 12.4. The van der Waals surface area contributed by atoms with E-state index in [1.54, 1.807) is 13.0 Å². The Kier molecular flexibility index (Phi) is 5.56. The summed E-state index contributed by atoms with van der Waals surface area (Å²) in [6, 6.07) is 4.71. The normalized spacial score (nSPS) is 16.7. The summed E-state index contributed by atoms with van der Waals surface area (Å²) in [6.45, 7) is 2.12. The van der Waals surface area contributed by atoms with Gasteiger partial charge in [0.25, 0.3) is 5.91 Å². The minimum atomic E-state index is -0.641. The molecule has 1 aliphatic carbocycles. The molecule has 1 aromatic rings. The monoisotopic (exact) mass is 294 g/mol. The van der Waals surface area contributed by atoms with Crippen LogP contribution in [-0.4, -0.2) is 24.6 Å². The number of nitrogens with two attached hydrogens (primary N) is 1. The summed E-state index contributed by atoms with van der Waals surface area (Å²) in [5, 5.41) is 2.98. The predicted octanol–water partition coefficient (Wildman–Crippen LogP) is 2.15. The number of halogens is 1. The Bertz CT molecular complexity index is 487. The minimum absolute atomic E-state index is 0.147. The molecule has 1 aliphatic rings. The summed E-state index contributed by atoms with van der Waals surface area (Å²) in [5.41, 5.74) is 6.25. The molecule has 0 aromatic heterocycles. The van der Waals surface area contributed by atoms with Crippen molar-refractivity contribution in [2.45, 2.75) is 51.2 Å². The third-order valence-corrected chi connectivity index (χ3v) is 3.75. The second-order valence-corrected chi connectivity index (χ2v) is 5.58. The van der Waals surface area contributed by atoms with Gasteiger partial charge in [0.05, 0.1) is 0 Å². The van der Waals surface area contributed by atoms with Crippen LogP contribution in [0.2, 0.25) is 0 Å². The number of amides is 1. The summed E-state index contributed by atoms with van der Waals surface area (Å²) < 4.78 is 19.1. The lowest BCUT2D eigenvalue weighted by molar-refractivity contribution is -0.127. The summed E-state index contributed by atoms with van der Waals surface area (Å²) in [4.78, 5) is 12.0. The molecule has 3 N–H and O–H groups in total. The fourth-order valence-corrected chi connectivity index (χ4v) is 2.65. The van der Waals surface area contributed by atoms with Crippen molar-refractivity contribution in [3.05, 3.63) is 29.6 Å². The lowest BCUT2D eigenvalue weighted by Crippen LogP contribution is -2.41. The number of rotatable bonds is 6. The fourth-order valence-electron chi connectivity index (χ4n) is 2.65. The highest BCUT2D eigenvalue weighted by Crippen LogP contribution is 2.20. The van der Waals surface area contributed by atoms with Crippen molar-refractivity contribution in [2.24, 2.45) is 5.73 Å². The van der Waals surface area contributed by atoms with Crippen molar-refractivity contribution in [3.63, 3.8) is 0 Å². The molecule has 0 bridgehead atoms. The Balaban J connectivity index is 1.94. The summed E-state index contributed by atoms with van der Waals surface area (Å²) in [5.74, 6) is -0.154. The highest BCUT2D eigenvalue weighted by atomic mass is 19.1. The van der Waals surface area contributed by atoms with Gasteiger partial charge >= 0.3 is 0 Å². The van der Waals surface area contributed by atoms with Gasteiger partial charge in [-0.25, -0.2) is 4.39 Å². The zero-order chi connectivity index (χ0) is 15.2. The number of nitrogens with one attached hydrogen (secondary N) is 1. The smallest absolute Gasteiger partial charge is 0.260 e. The van der Waals surface area contributed by atoms with Crippen molar-refractivity contribution in [1.82, 2.24) is 5.32 Å². The highest BCUT2D eigenvalue weighted by molar-refractivity contribution is 5.81. The molecule has 1 unspecified atom stereocenters. The molecular weight excluding hydrogens is 271 g/mol. The van der Waals surface area contributed by atoms with Crippen molar-refractivity contribution < 1.29 is 13.9 Å². The van der Waals surface area contributed by atoms with Gasteiger partial charge in [0.2, 0.25) is 0 Å². The van der Waals surface area contributed by atoms with Gasteiger partial charge in [0.15, 0.2) is 6.10 Å². The number of ether oxygens (including phenoxy) is 1. The van der Waals surface area contributed by atoms with Gasteiger partial charge in [-0.1, -0.05) is 12.8 Å². The average molecular weight is 294 g/mol. The van der Waals surface area contributed by atoms with Gasteiger partial charge in [-0.2, -0.15) is 0 Å². The van der Waals surface area contributed by atoms with E-state index in [0.717, 1.165) is 31.2 Å². The molecule has 0 aliphatic heterocycles. The Morgan fingerprint density at radius 2 is 2.14 bits per heavy atom. The first-order valence-corrected chi connectivity index (χ1v) is 7.55. The molecule has 5 heteroatoms. The van der Waals surface area contributed by atoms with Crippen molar-refractivity contribution in [2.75, 3.05) is 6.54 Å². The van der Waals surface area contributed by atoms with Gasteiger partial charge < -0.3 is 15.8 Å². The summed E-state index contributed by atoms with van der Waals surface area (Å²) >= 11 is 0. The van der Waals surface area contributed by atoms with E-state index in [1.165, 1.54) is 12.1 Å². The molecule has 0 spiro atoms. The van der Waals surface area contributed by atoms with E-state index in [4.69, 9.17) is 10.5 Å². The molecule has 1 amide bonds. The van der Waals surface area contributed by atoms with E-state index in [9.17, 15) is 9.18 Å². The van der Waals surface area contributed by atoms with Crippen molar-refractivity contribution in [1.29, 1.82) is 0 Å². The first-order valence-electron chi connectivity index (χ1n) is 7.55. The SMILES string of the molecule is CC(Oc1cc(F)cc(CCN)c1)C(=O)NC1CCCC1. The van der Waals surface area contributed by atoms with E-state index >= 15 is 0 Å². The van der Waals surface area contributed by atoms with Crippen molar-refractivity contribution >= 4 is 5.91 Å². The van der Waals surface area contributed by atoms with Crippen LogP contribution in [0.25, 0.3) is 0 Å². The van der Waals surface area contributed by atoms with Gasteiger partial charge in [0, 0.05) is 12.1 Å². The van der Waals surface area contributed by atoms with Gasteiger partial charge in [-0.3, -0.25) is 4.79 Å². The van der Waals surface area contributed by atoms with E-state index < -0.39 is 6.10 Å². The number of carbonyl (C=O) groups excluding carboxylic acids is 1. The van der Waals surface area contributed by atoms with Crippen molar-refractivity contribution in [3.8, 4) is 5.75 Å². The molecule has 0 radical (unpaired) electrons. The topological polar surface area (TPSA) is 64.3 Å². The van der Waals surface area contributed by atoms with E-state index in [2.05, 4.69) is 5.32 Å². The largest absolute Gasteiger partial charge is 0.481 e. The van der Waals surface area contributed by atoms with Crippen LogP contribution in [0.4, 0.5) is 4.39 Å². The number of benzene rings is 1. The molecule has 4 nitrogen and oxygen atoms in total. The fraction of sp³-hybridized carbons (Fsp3) is 0.562. The highest BCUT2D eigenvalue weighted by Gasteiger charge is 2.21. The van der Waals surface area contributed by atoms with E-state index in [0.29, 0.717) is 18.7 Å². The Morgan fingerprint density at radius 3 is 2.81 bits per heavy atom. The summed E-state index contributed by atoms with van der Waals surface area (Å²) in [6.07, 6.45) is 4.31. The zero-order valence-electron chi connectivity index (χ0n) is 12.4. The maximum atomic E-state index is 13.5. The predicted molar refractivity (Wildman–Crippen MR) is 79.6 cm³/mol. The maximum Gasteiger partial charge on any atom is 0.260 e. The number of hydrogen-bond acceptors (Lipinski definition) is 3. The first-order chi connectivity index (χ1) is 10.1. The molecule has 0 heterocycles. The van der Waals surface area contributed by atoms with Crippen LogP contribution < -0.4 is 15.8 Å². The quantitative estimate of drug-likeness (QED) is 0.845. The van der Waals surface area contributed by atoms with Crippen LogP contribution in [0.3, 0.4) is 0 Å². The molecule has 1 aromatic carbocycles. The lowest BCUT2D eigenvalue weighted by Gasteiger charge is -2.18. The maximum absolute atomic E-state index is 13.5. The molecular formula is C16H23FN2O2. The van der Waals surface area contributed by atoms with Crippen LogP contribution in [-0.2, 0) is 11.2 Å². The number of hydrogen-bond donors (Lipinski definition) is 2. The Labute approximate surface area is 124 Å². The van der Waals surface area contributed by atoms with Crippen LogP contribution in [0.1, 0.15) is 38.2 Å². The van der Waals surface area contributed by atoms with E-state index in [1.807, 2.05) is 0 Å². The third-order valence-electron chi connectivity index (χ3n) is 3.75. The van der Waals surface area contributed by atoms with Crippen LogP contribution in [0.15, 0.2) is 18.2 Å². The lowest BCUT2D eigenvalue weighted by atomic mass is 10.1. The van der Waals surface area contributed by atoms with Gasteiger partial charge in [-0.05, 0) is 50.4 Å². The molecule has 21 heavy (non-hydrogen) atoms.